The van der Waals surface area contributed by atoms with Gasteiger partial charge in [-0.2, -0.15) is 0 Å². The lowest BCUT2D eigenvalue weighted by atomic mass is 10.2. The average molecular weight is 226 g/mol. The van der Waals surface area contributed by atoms with Crippen LogP contribution in [0.4, 0.5) is 18.0 Å². The molecule has 0 aliphatic carbocycles. The third-order valence-electron chi connectivity index (χ3n) is 2.02. The van der Waals surface area contributed by atoms with Gasteiger partial charge in [0.15, 0.2) is 0 Å². The Morgan fingerprint density at radius 1 is 1.40 bits per heavy atom. The number of hydrogen-bond acceptors (Lipinski definition) is 3. The number of primary amides is 1. The highest BCUT2D eigenvalue weighted by Crippen LogP contribution is 2.23. The summed E-state index contributed by atoms with van der Waals surface area (Å²) >= 11 is 0. The van der Waals surface area contributed by atoms with Gasteiger partial charge in [-0.15, -0.1) is 13.2 Å². The number of carbonyl (C=O) groups is 2. The summed E-state index contributed by atoms with van der Waals surface area (Å²) in [4.78, 5) is 22.4. The van der Waals surface area contributed by atoms with Gasteiger partial charge in [-0.05, 0) is 12.8 Å². The highest BCUT2D eigenvalue weighted by molar-refractivity contribution is 5.84. The zero-order valence-corrected chi connectivity index (χ0v) is 7.58. The van der Waals surface area contributed by atoms with Crippen molar-refractivity contribution in [3.05, 3.63) is 0 Å². The van der Waals surface area contributed by atoms with Gasteiger partial charge in [0.1, 0.15) is 6.04 Å². The number of amides is 2. The van der Waals surface area contributed by atoms with Crippen LogP contribution in [0.1, 0.15) is 12.8 Å². The number of ether oxygens (including phenoxy) is 1. The highest BCUT2D eigenvalue weighted by atomic mass is 19.4. The smallest absolute Gasteiger partial charge is 0.368 e. The zero-order valence-electron chi connectivity index (χ0n) is 7.58. The van der Waals surface area contributed by atoms with Gasteiger partial charge in [0.25, 0.3) is 0 Å². The Balaban J connectivity index is 2.63. The Bertz CT molecular complexity index is 279. The molecule has 0 radical (unpaired) electrons. The number of nitrogens with zero attached hydrogens (tertiary/aromatic N) is 1. The van der Waals surface area contributed by atoms with Crippen LogP contribution in [0.2, 0.25) is 0 Å². The van der Waals surface area contributed by atoms with E-state index in [0.717, 1.165) is 0 Å². The van der Waals surface area contributed by atoms with Crippen LogP contribution in [0, 0.1) is 0 Å². The molecule has 2 amide bonds. The summed E-state index contributed by atoms with van der Waals surface area (Å²) < 4.78 is 38.3. The maximum Gasteiger partial charge on any atom is 0.576 e. The van der Waals surface area contributed by atoms with Gasteiger partial charge in [0.05, 0.1) is 0 Å². The summed E-state index contributed by atoms with van der Waals surface area (Å²) in [6.07, 6.45) is -5.92. The fourth-order valence-electron chi connectivity index (χ4n) is 1.44. The molecule has 8 heteroatoms. The van der Waals surface area contributed by atoms with Crippen molar-refractivity contribution in [2.75, 3.05) is 6.54 Å². The molecule has 1 aliphatic rings. The van der Waals surface area contributed by atoms with Crippen molar-refractivity contribution in [3.8, 4) is 0 Å². The zero-order chi connectivity index (χ0) is 11.6. The number of nitrogens with two attached hydrogens (primary N) is 1. The van der Waals surface area contributed by atoms with Crippen LogP contribution in [0.5, 0.6) is 0 Å². The van der Waals surface area contributed by atoms with Gasteiger partial charge < -0.3 is 10.5 Å². The van der Waals surface area contributed by atoms with Crippen molar-refractivity contribution in [3.63, 3.8) is 0 Å². The Hall–Kier alpha value is -1.47. The fraction of sp³-hybridized carbons (Fsp3) is 0.714. The van der Waals surface area contributed by atoms with E-state index in [9.17, 15) is 22.8 Å². The maximum atomic E-state index is 11.7. The number of carbonyl (C=O) groups excluding carboxylic acids is 2. The third kappa shape index (κ3) is 3.00. The molecule has 0 aromatic rings. The van der Waals surface area contributed by atoms with Gasteiger partial charge in [0, 0.05) is 6.54 Å². The summed E-state index contributed by atoms with van der Waals surface area (Å²) in [7, 11) is 0. The van der Waals surface area contributed by atoms with E-state index in [1.165, 1.54) is 0 Å². The monoisotopic (exact) mass is 226 g/mol. The molecule has 1 atom stereocenters. The first-order valence-electron chi connectivity index (χ1n) is 4.17. The van der Waals surface area contributed by atoms with Gasteiger partial charge in [-0.1, -0.05) is 0 Å². The van der Waals surface area contributed by atoms with Crippen LogP contribution in [-0.4, -0.2) is 35.8 Å². The Kier molecular flexibility index (Phi) is 3.06. The van der Waals surface area contributed by atoms with Crippen LogP contribution < -0.4 is 5.73 Å². The molecule has 5 nitrogen and oxygen atoms in total. The molecule has 0 spiro atoms. The molecular weight excluding hydrogens is 217 g/mol. The summed E-state index contributed by atoms with van der Waals surface area (Å²) in [6.45, 7) is 0.0442. The summed E-state index contributed by atoms with van der Waals surface area (Å²) in [6, 6.07) is -1.00. The topological polar surface area (TPSA) is 72.6 Å². The molecule has 1 rings (SSSR count). The number of alkyl halides is 3. The lowest BCUT2D eigenvalue weighted by molar-refractivity contribution is -0.294. The standard InChI is InChI=1S/C7H9F3N2O3/c8-7(9,10)15-6(14)12-3-1-2-4(12)5(11)13/h4H,1-3H2,(H2,11,13)/t4-/m1/s1. The third-order valence-corrected chi connectivity index (χ3v) is 2.02. The minimum Gasteiger partial charge on any atom is -0.368 e. The molecule has 1 saturated heterocycles. The van der Waals surface area contributed by atoms with E-state index in [1.54, 1.807) is 0 Å². The largest absolute Gasteiger partial charge is 0.576 e. The van der Waals surface area contributed by atoms with Gasteiger partial charge >= 0.3 is 12.5 Å². The van der Waals surface area contributed by atoms with Crippen molar-refractivity contribution < 1.29 is 27.5 Å². The molecule has 0 bridgehead atoms. The van der Waals surface area contributed by atoms with E-state index < -0.39 is 24.4 Å². The molecular formula is C7H9F3N2O3. The van der Waals surface area contributed by atoms with Gasteiger partial charge in [0.2, 0.25) is 5.91 Å². The Morgan fingerprint density at radius 2 is 2.00 bits per heavy atom. The molecule has 0 aromatic heterocycles. The number of hydrogen-bond donors (Lipinski definition) is 1. The Labute approximate surface area is 83.0 Å². The number of rotatable bonds is 1. The lowest BCUT2D eigenvalue weighted by Gasteiger charge is -2.21. The van der Waals surface area contributed by atoms with E-state index in [4.69, 9.17) is 5.73 Å². The fourth-order valence-corrected chi connectivity index (χ4v) is 1.44. The first-order valence-corrected chi connectivity index (χ1v) is 4.17. The van der Waals surface area contributed by atoms with Crippen molar-refractivity contribution in [1.82, 2.24) is 4.90 Å². The Morgan fingerprint density at radius 3 is 2.47 bits per heavy atom. The minimum absolute atomic E-state index is 0.0442. The van der Waals surface area contributed by atoms with E-state index in [1.807, 2.05) is 0 Å². The first kappa shape index (κ1) is 11.6. The second-order valence-corrected chi connectivity index (χ2v) is 3.07. The SMILES string of the molecule is NC(=O)[C@H]1CCCN1C(=O)OC(F)(F)F. The molecule has 1 aliphatic heterocycles. The summed E-state index contributed by atoms with van der Waals surface area (Å²) in [5.41, 5.74) is 4.92. The van der Waals surface area contributed by atoms with E-state index in [-0.39, 0.29) is 13.0 Å². The minimum atomic E-state index is -5.04. The van der Waals surface area contributed by atoms with Crippen molar-refractivity contribution in [1.29, 1.82) is 0 Å². The van der Waals surface area contributed by atoms with Crippen molar-refractivity contribution >= 4 is 12.0 Å². The van der Waals surface area contributed by atoms with E-state index >= 15 is 0 Å². The maximum absolute atomic E-state index is 11.7. The van der Waals surface area contributed by atoms with Crippen LogP contribution in [0.25, 0.3) is 0 Å². The molecule has 0 unspecified atom stereocenters. The number of halogens is 3. The molecule has 0 saturated carbocycles. The molecule has 15 heavy (non-hydrogen) atoms. The van der Waals surface area contributed by atoms with Crippen LogP contribution in [0.15, 0.2) is 0 Å². The van der Waals surface area contributed by atoms with Crippen LogP contribution in [-0.2, 0) is 9.53 Å². The van der Waals surface area contributed by atoms with E-state index in [0.29, 0.717) is 11.3 Å². The number of likely N-dealkylation sites (tertiary alicyclic amines) is 1. The summed E-state index contributed by atoms with van der Waals surface area (Å²) in [5, 5.41) is 0. The second kappa shape index (κ2) is 3.95. The highest BCUT2D eigenvalue weighted by Gasteiger charge is 2.40. The van der Waals surface area contributed by atoms with Crippen LogP contribution >= 0.6 is 0 Å². The molecule has 86 valence electrons. The normalized spacial score (nSPS) is 21.5. The lowest BCUT2D eigenvalue weighted by Crippen LogP contribution is -2.45. The van der Waals surface area contributed by atoms with Crippen molar-refractivity contribution in [2.24, 2.45) is 5.73 Å². The van der Waals surface area contributed by atoms with Gasteiger partial charge in [-0.25, -0.2) is 4.79 Å². The quantitative estimate of drug-likeness (QED) is 0.711. The predicted molar refractivity (Wildman–Crippen MR) is 41.5 cm³/mol. The van der Waals surface area contributed by atoms with E-state index in [2.05, 4.69) is 4.74 Å². The first-order chi connectivity index (χ1) is 6.81. The van der Waals surface area contributed by atoms with Gasteiger partial charge in [-0.3, -0.25) is 9.69 Å². The van der Waals surface area contributed by atoms with Crippen molar-refractivity contribution in [2.45, 2.75) is 25.2 Å². The molecule has 1 fully saturated rings. The molecule has 2 N–H and O–H groups in total. The second-order valence-electron chi connectivity index (χ2n) is 3.07. The molecule has 0 aromatic carbocycles. The molecule has 1 heterocycles. The van der Waals surface area contributed by atoms with Crippen LogP contribution in [0.3, 0.4) is 0 Å². The average Bonchev–Trinajstić information content (AvgIpc) is 2.47. The summed E-state index contributed by atoms with van der Waals surface area (Å²) in [5.74, 6) is -0.827. The predicted octanol–water partition coefficient (Wildman–Crippen LogP) is 0.592.